The second kappa shape index (κ2) is 18.9. The van der Waals surface area contributed by atoms with E-state index in [0.717, 1.165) is 17.1 Å². The van der Waals surface area contributed by atoms with Crippen LogP contribution in [0.15, 0.2) is 30.4 Å². The number of nitrogens with zero attached hydrogens (tertiary/aromatic N) is 1. The predicted molar refractivity (Wildman–Crippen MR) is 172 cm³/mol. The van der Waals surface area contributed by atoms with E-state index in [9.17, 15) is 57.1 Å². The topological polar surface area (TPSA) is 291 Å². The molecule has 276 valence electrons. The van der Waals surface area contributed by atoms with Crippen LogP contribution in [-0.2, 0) is 54.9 Å². The number of benzene rings is 1. The van der Waals surface area contributed by atoms with Gasteiger partial charge in [0.25, 0.3) is 21.9 Å². The summed E-state index contributed by atoms with van der Waals surface area (Å²) in [6, 6.07) is 2.74. The first-order valence-electron chi connectivity index (χ1n) is 14.7. The number of carboxylic acids is 1. The second-order valence-corrected chi connectivity index (χ2v) is 12.9. The van der Waals surface area contributed by atoms with Gasteiger partial charge in [0, 0.05) is 49.7 Å². The Morgan fingerprint density at radius 3 is 2.42 bits per heavy atom. The highest BCUT2D eigenvalue weighted by Gasteiger charge is 2.42. The van der Waals surface area contributed by atoms with Crippen molar-refractivity contribution in [3.8, 4) is 11.5 Å². The first-order chi connectivity index (χ1) is 23.5. The van der Waals surface area contributed by atoms with E-state index in [0.29, 0.717) is 5.56 Å². The van der Waals surface area contributed by atoms with Gasteiger partial charge in [0.15, 0.2) is 6.10 Å². The van der Waals surface area contributed by atoms with Crippen molar-refractivity contribution in [1.82, 2.24) is 15.5 Å². The van der Waals surface area contributed by atoms with Crippen molar-refractivity contribution < 1.29 is 80.7 Å². The lowest BCUT2D eigenvalue weighted by atomic mass is 10.0. The van der Waals surface area contributed by atoms with Crippen LogP contribution in [0.25, 0.3) is 0 Å². The molecule has 0 aliphatic carbocycles. The quantitative estimate of drug-likeness (QED) is 0.0296. The molecule has 2 aliphatic rings. The number of amides is 4. The molecule has 22 heteroatoms. The number of carbonyl (C=O) groups is 6. The van der Waals surface area contributed by atoms with Gasteiger partial charge in [-0.2, -0.15) is 8.42 Å². The Morgan fingerprint density at radius 2 is 1.78 bits per heavy atom. The SMILES string of the molecule is O=C(CCN1C(=O)C=CC1=O)N[C@@H](CS(=O)(=O)O)C(=O)NCCOCCOc1ccc(COC(=O)I)c(O[C@H]2C[C@@H](O)[C@H](O)[C@@H](C(=O)O)O2)c1. The number of aliphatic carboxylic acids is 1. The lowest BCUT2D eigenvalue weighted by molar-refractivity contribution is -0.228. The number of carboxylic acid groups (broad SMARTS) is 1. The maximum Gasteiger partial charge on any atom is 0.367 e. The molecule has 0 spiro atoms. The molecule has 5 atom stereocenters. The molecule has 0 aromatic heterocycles. The van der Waals surface area contributed by atoms with Crippen LogP contribution in [-0.4, -0.2) is 136 Å². The first kappa shape index (κ1) is 40.5. The third-order valence-corrected chi connectivity index (χ3v) is 7.92. The van der Waals surface area contributed by atoms with Crippen LogP contribution >= 0.6 is 22.6 Å². The Kier molecular flexibility index (Phi) is 15.3. The molecule has 2 heterocycles. The zero-order valence-electron chi connectivity index (χ0n) is 26.0. The molecule has 50 heavy (non-hydrogen) atoms. The van der Waals surface area contributed by atoms with Crippen LogP contribution in [0.5, 0.6) is 11.5 Å². The van der Waals surface area contributed by atoms with Crippen LogP contribution < -0.4 is 20.1 Å². The van der Waals surface area contributed by atoms with Gasteiger partial charge in [-0.25, -0.2) is 9.59 Å². The fourth-order valence-electron chi connectivity index (χ4n) is 4.46. The number of aliphatic hydroxyl groups excluding tert-OH is 2. The molecule has 6 N–H and O–H groups in total. The summed E-state index contributed by atoms with van der Waals surface area (Å²) < 4.78 is 58.5. The molecular weight excluding hydrogens is 809 g/mol. The van der Waals surface area contributed by atoms with Crippen LogP contribution in [0.3, 0.4) is 0 Å². The summed E-state index contributed by atoms with van der Waals surface area (Å²) in [5.74, 6) is -5.39. The molecule has 1 saturated heterocycles. The van der Waals surface area contributed by atoms with Crippen LogP contribution in [0, 0.1) is 0 Å². The number of aliphatic hydroxyl groups is 2. The molecule has 0 unspecified atom stereocenters. The van der Waals surface area contributed by atoms with Gasteiger partial charge in [0.2, 0.25) is 18.1 Å². The lowest BCUT2D eigenvalue weighted by Gasteiger charge is -2.35. The number of nitrogens with one attached hydrogen (secondary N) is 2. The zero-order valence-corrected chi connectivity index (χ0v) is 28.9. The standard InChI is InChI=1S/C28H34IN3O17S/c29-28(41)47-13-15-1-2-16(11-19(15)48-23-12-18(33)24(37)25(49-23)27(39)40)46-10-9-45-8-6-30-26(38)17(14-50(42,43)44)31-20(34)5-7-32-21(35)3-4-22(32)36/h1-4,11,17-18,23-25,33,37H,5-10,12-14H2,(H,30,38)(H,31,34)(H,39,40)(H,42,43,44)/t17-,18+,23+,24-,25-/m0/s1. The summed E-state index contributed by atoms with van der Waals surface area (Å²) in [6.45, 7) is -0.790. The number of hydrogen-bond donors (Lipinski definition) is 6. The third kappa shape index (κ3) is 13.1. The highest BCUT2D eigenvalue weighted by atomic mass is 127. The number of imide groups is 1. The van der Waals surface area contributed by atoms with Crippen molar-refractivity contribution in [3.63, 3.8) is 0 Å². The summed E-state index contributed by atoms with van der Waals surface area (Å²) in [5.41, 5.74) is 0.350. The minimum atomic E-state index is -4.70. The minimum Gasteiger partial charge on any atom is -0.491 e. The normalized spacial score (nSPS) is 21.0. The summed E-state index contributed by atoms with van der Waals surface area (Å²) in [7, 11) is -4.70. The molecule has 1 aromatic carbocycles. The van der Waals surface area contributed by atoms with Gasteiger partial charge in [0.05, 0.1) is 41.9 Å². The molecule has 20 nitrogen and oxygen atoms in total. The monoisotopic (exact) mass is 843 g/mol. The first-order valence-corrected chi connectivity index (χ1v) is 17.4. The average molecular weight is 844 g/mol. The highest BCUT2D eigenvalue weighted by molar-refractivity contribution is 14.1. The average Bonchev–Trinajstić information content (AvgIpc) is 3.35. The Balaban J connectivity index is 1.47. The number of ether oxygens (including phenoxy) is 5. The van der Waals surface area contributed by atoms with E-state index in [2.05, 4.69) is 10.6 Å². The van der Waals surface area contributed by atoms with Crippen LogP contribution in [0.4, 0.5) is 4.79 Å². The number of hydrogen-bond acceptors (Lipinski definition) is 15. The molecule has 2 aliphatic heterocycles. The Bertz CT molecular complexity index is 1550. The molecule has 0 saturated carbocycles. The van der Waals surface area contributed by atoms with E-state index < -0.39 is 86.5 Å². The molecule has 3 rings (SSSR count). The Hall–Kier alpha value is -3.94. The van der Waals surface area contributed by atoms with Gasteiger partial charge in [-0.1, -0.05) is 0 Å². The molecule has 4 amide bonds. The molecular formula is C28H34IN3O17S. The summed E-state index contributed by atoms with van der Waals surface area (Å²) in [5, 5.41) is 33.8. The Labute approximate surface area is 297 Å². The van der Waals surface area contributed by atoms with Crippen LogP contribution in [0.2, 0.25) is 0 Å². The van der Waals surface area contributed by atoms with E-state index >= 15 is 0 Å². The minimum absolute atomic E-state index is 0.00957. The van der Waals surface area contributed by atoms with Crippen molar-refractivity contribution >= 4 is 66.3 Å². The molecule has 0 bridgehead atoms. The van der Waals surface area contributed by atoms with Gasteiger partial charge >= 0.3 is 9.95 Å². The summed E-state index contributed by atoms with van der Waals surface area (Å²) in [6.07, 6.45) is -4.81. The lowest BCUT2D eigenvalue weighted by Crippen LogP contribution is -2.53. The molecule has 1 aromatic rings. The van der Waals surface area contributed by atoms with Crippen molar-refractivity contribution in [1.29, 1.82) is 0 Å². The smallest absolute Gasteiger partial charge is 0.367 e. The van der Waals surface area contributed by atoms with Gasteiger partial charge in [-0.15, -0.1) is 0 Å². The van der Waals surface area contributed by atoms with E-state index in [4.69, 9.17) is 23.7 Å². The van der Waals surface area contributed by atoms with E-state index in [1.54, 1.807) is 0 Å². The van der Waals surface area contributed by atoms with Gasteiger partial charge in [-0.05, 0) is 12.1 Å². The maximum atomic E-state index is 12.6. The Morgan fingerprint density at radius 1 is 1.08 bits per heavy atom. The largest absolute Gasteiger partial charge is 0.491 e. The number of halogens is 1. The summed E-state index contributed by atoms with van der Waals surface area (Å²) >= 11 is 1.43. The van der Waals surface area contributed by atoms with Crippen molar-refractivity contribution in [2.45, 2.75) is 50.1 Å². The van der Waals surface area contributed by atoms with Crippen LogP contribution in [0.1, 0.15) is 18.4 Å². The second-order valence-electron chi connectivity index (χ2n) is 10.6. The highest BCUT2D eigenvalue weighted by Crippen LogP contribution is 2.30. The molecule has 1 fully saturated rings. The number of rotatable bonds is 19. The van der Waals surface area contributed by atoms with Gasteiger partial charge in [0.1, 0.15) is 42.6 Å². The van der Waals surface area contributed by atoms with Gasteiger partial charge < -0.3 is 49.6 Å². The zero-order chi connectivity index (χ0) is 37.0. The van der Waals surface area contributed by atoms with Crippen molar-refractivity contribution in [2.75, 3.05) is 38.7 Å². The maximum absolute atomic E-state index is 12.6. The number of carbonyl (C=O) groups excluding carboxylic acids is 5. The van der Waals surface area contributed by atoms with Crippen molar-refractivity contribution in [2.24, 2.45) is 0 Å². The predicted octanol–water partition coefficient (Wildman–Crippen LogP) is -1.74. The van der Waals surface area contributed by atoms with Crippen molar-refractivity contribution in [3.05, 3.63) is 35.9 Å². The third-order valence-electron chi connectivity index (χ3n) is 6.85. The molecule has 0 radical (unpaired) electrons. The van der Waals surface area contributed by atoms with E-state index in [1.807, 2.05) is 0 Å². The summed E-state index contributed by atoms with van der Waals surface area (Å²) in [4.78, 5) is 71.6. The fraction of sp³-hybridized carbons (Fsp3) is 0.500. The van der Waals surface area contributed by atoms with Gasteiger partial charge in [-0.3, -0.25) is 28.6 Å². The van der Waals surface area contributed by atoms with E-state index in [1.165, 1.54) is 40.8 Å². The van der Waals surface area contributed by atoms with E-state index in [-0.39, 0.29) is 57.4 Å². The fourth-order valence-corrected chi connectivity index (χ4v) is 5.27.